The minimum Gasteiger partial charge on any atom is -0.333 e. The van der Waals surface area contributed by atoms with Gasteiger partial charge in [0.05, 0.1) is 6.54 Å². The predicted octanol–water partition coefficient (Wildman–Crippen LogP) is 2.40. The van der Waals surface area contributed by atoms with E-state index in [1.165, 1.54) is 23.4 Å². The van der Waals surface area contributed by atoms with Crippen LogP contribution in [0.25, 0.3) is 0 Å². The van der Waals surface area contributed by atoms with Crippen molar-refractivity contribution in [1.82, 2.24) is 19.8 Å². The van der Waals surface area contributed by atoms with Crippen LogP contribution in [0.4, 0.5) is 0 Å². The smallest absolute Gasteiger partial charge is 0.122 e. The summed E-state index contributed by atoms with van der Waals surface area (Å²) in [5.74, 6) is 1.18. The van der Waals surface area contributed by atoms with E-state index >= 15 is 0 Å². The van der Waals surface area contributed by atoms with E-state index in [1.807, 2.05) is 6.20 Å². The van der Waals surface area contributed by atoms with Crippen LogP contribution in [0.3, 0.4) is 0 Å². The van der Waals surface area contributed by atoms with Crippen LogP contribution < -0.4 is 5.32 Å². The van der Waals surface area contributed by atoms with E-state index in [9.17, 15) is 0 Å². The lowest BCUT2D eigenvalue weighted by Gasteiger charge is -2.27. The summed E-state index contributed by atoms with van der Waals surface area (Å²) in [4.78, 5) is 6.88. The van der Waals surface area contributed by atoms with E-state index < -0.39 is 0 Å². The van der Waals surface area contributed by atoms with Crippen LogP contribution in [-0.2, 0) is 26.2 Å². The number of nitrogens with zero attached hydrogens (tertiary/aromatic N) is 3. The molecule has 0 bridgehead atoms. The molecule has 0 aliphatic carbocycles. The number of hydrogen-bond donors (Lipinski definition) is 1. The molecule has 1 aromatic heterocycles. The highest BCUT2D eigenvalue weighted by Gasteiger charge is 2.16. The molecule has 2 heterocycles. The van der Waals surface area contributed by atoms with Crippen molar-refractivity contribution in [2.24, 2.45) is 0 Å². The van der Waals surface area contributed by atoms with Gasteiger partial charge in [-0.2, -0.15) is 0 Å². The minimum atomic E-state index is 0.951. The molecule has 1 aromatic carbocycles. The van der Waals surface area contributed by atoms with Crippen LogP contribution in [0.2, 0.25) is 0 Å². The fourth-order valence-electron chi connectivity index (χ4n) is 2.79. The molecular weight excluding hydrogens is 260 g/mol. The van der Waals surface area contributed by atoms with E-state index in [-0.39, 0.29) is 0 Å². The van der Waals surface area contributed by atoms with Crippen molar-refractivity contribution in [3.8, 4) is 0 Å². The molecule has 2 aromatic rings. The maximum absolute atomic E-state index is 4.42. The summed E-state index contributed by atoms with van der Waals surface area (Å²) in [7, 11) is 0. The highest BCUT2D eigenvalue weighted by Crippen LogP contribution is 2.14. The highest BCUT2D eigenvalue weighted by molar-refractivity contribution is 5.22. The lowest BCUT2D eigenvalue weighted by molar-refractivity contribution is 0.209. The Kier molecular flexibility index (Phi) is 4.68. The Labute approximate surface area is 126 Å². The van der Waals surface area contributed by atoms with Crippen molar-refractivity contribution in [3.63, 3.8) is 0 Å². The van der Waals surface area contributed by atoms with Crippen LogP contribution in [-0.4, -0.2) is 27.5 Å². The zero-order valence-corrected chi connectivity index (χ0v) is 12.8. The van der Waals surface area contributed by atoms with Crippen molar-refractivity contribution in [2.75, 3.05) is 13.1 Å². The summed E-state index contributed by atoms with van der Waals surface area (Å²) in [6, 6.07) is 8.99. The van der Waals surface area contributed by atoms with Crippen molar-refractivity contribution in [1.29, 1.82) is 0 Å². The normalized spacial score (nSPS) is 15.1. The standard InChI is InChI=1S/C17H24N4/c1-2-7-18-12-15-3-5-16(6-4-15)13-20-10-11-21-9-8-19-17(21)14-20/h3-6,8-9,18H,2,7,10-14H2,1H3. The summed E-state index contributed by atoms with van der Waals surface area (Å²) in [6.07, 6.45) is 5.16. The summed E-state index contributed by atoms with van der Waals surface area (Å²) >= 11 is 0. The van der Waals surface area contributed by atoms with Crippen LogP contribution in [0, 0.1) is 0 Å². The van der Waals surface area contributed by atoms with Crippen molar-refractivity contribution in [2.45, 2.75) is 39.5 Å². The molecule has 0 amide bonds. The predicted molar refractivity (Wildman–Crippen MR) is 84.8 cm³/mol. The third-order valence-corrected chi connectivity index (χ3v) is 4.01. The topological polar surface area (TPSA) is 33.1 Å². The van der Waals surface area contributed by atoms with E-state index in [1.54, 1.807) is 0 Å². The van der Waals surface area contributed by atoms with Gasteiger partial charge in [-0.15, -0.1) is 0 Å². The zero-order valence-electron chi connectivity index (χ0n) is 12.8. The Hall–Kier alpha value is -1.65. The first-order valence-electron chi connectivity index (χ1n) is 7.86. The van der Waals surface area contributed by atoms with Crippen LogP contribution in [0.1, 0.15) is 30.3 Å². The van der Waals surface area contributed by atoms with Gasteiger partial charge in [0.1, 0.15) is 5.82 Å². The lowest BCUT2D eigenvalue weighted by Crippen LogP contribution is -2.33. The van der Waals surface area contributed by atoms with Gasteiger partial charge in [-0.25, -0.2) is 4.98 Å². The first kappa shape index (κ1) is 14.3. The molecule has 4 heteroatoms. The quantitative estimate of drug-likeness (QED) is 0.827. The monoisotopic (exact) mass is 284 g/mol. The summed E-state index contributed by atoms with van der Waals surface area (Å²) in [5, 5.41) is 3.44. The van der Waals surface area contributed by atoms with Crippen molar-refractivity contribution in [3.05, 3.63) is 53.6 Å². The number of fused-ring (bicyclic) bond motifs is 1. The van der Waals surface area contributed by atoms with Crippen LogP contribution in [0.15, 0.2) is 36.7 Å². The third kappa shape index (κ3) is 3.71. The number of rotatable bonds is 6. The Balaban J connectivity index is 1.54. The SMILES string of the molecule is CCCNCc1ccc(CN2CCn3ccnc3C2)cc1. The average Bonchev–Trinajstić information content (AvgIpc) is 2.97. The molecule has 1 N–H and O–H groups in total. The van der Waals surface area contributed by atoms with E-state index in [2.05, 4.69) is 57.2 Å². The van der Waals surface area contributed by atoms with Gasteiger partial charge >= 0.3 is 0 Å². The molecule has 0 unspecified atom stereocenters. The van der Waals surface area contributed by atoms with Gasteiger partial charge in [0, 0.05) is 38.6 Å². The van der Waals surface area contributed by atoms with Gasteiger partial charge in [0.15, 0.2) is 0 Å². The second kappa shape index (κ2) is 6.87. The summed E-state index contributed by atoms with van der Waals surface area (Å²) < 4.78 is 2.25. The molecular formula is C17H24N4. The number of imidazole rings is 1. The first-order valence-corrected chi connectivity index (χ1v) is 7.86. The zero-order chi connectivity index (χ0) is 14.5. The Bertz CT molecular complexity index is 558. The van der Waals surface area contributed by atoms with Gasteiger partial charge in [-0.1, -0.05) is 31.2 Å². The fourth-order valence-corrected chi connectivity index (χ4v) is 2.79. The molecule has 0 atom stereocenters. The maximum atomic E-state index is 4.42. The molecule has 1 aliphatic heterocycles. The van der Waals surface area contributed by atoms with E-state index in [0.717, 1.165) is 39.3 Å². The van der Waals surface area contributed by atoms with Gasteiger partial charge in [-0.3, -0.25) is 4.90 Å². The van der Waals surface area contributed by atoms with Crippen molar-refractivity contribution < 1.29 is 0 Å². The second-order valence-electron chi connectivity index (χ2n) is 5.74. The van der Waals surface area contributed by atoms with Crippen molar-refractivity contribution >= 4 is 0 Å². The number of benzene rings is 1. The molecule has 4 nitrogen and oxygen atoms in total. The summed E-state index contributed by atoms with van der Waals surface area (Å²) in [5.41, 5.74) is 2.75. The van der Waals surface area contributed by atoms with Crippen LogP contribution in [0.5, 0.6) is 0 Å². The molecule has 112 valence electrons. The maximum Gasteiger partial charge on any atom is 0.122 e. The first-order chi connectivity index (χ1) is 10.3. The molecule has 1 aliphatic rings. The molecule has 0 spiro atoms. The lowest BCUT2D eigenvalue weighted by atomic mass is 10.1. The van der Waals surface area contributed by atoms with Gasteiger partial charge < -0.3 is 9.88 Å². The van der Waals surface area contributed by atoms with Gasteiger partial charge in [-0.05, 0) is 24.1 Å². The van der Waals surface area contributed by atoms with Gasteiger partial charge in [0.2, 0.25) is 0 Å². The third-order valence-electron chi connectivity index (χ3n) is 4.01. The Morgan fingerprint density at radius 3 is 2.76 bits per heavy atom. The molecule has 3 rings (SSSR count). The molecule has 21 heavy (non-hydrogen) atoms. The Morgan fingerprint density at radius 1 is 1.14 bits per heavy atom. The Morgan fingerprint density at radius 2 is 1.95 bits per heavy atom. The highest BCUT2D eigenvalue weighted by atomic mass is 15.2. The molecule has 0 radical (unpaired) electrons. The second-order valence-corrected chi connectivity index (χ2v) is 5.74. The van der Waals surface area contributed by atoms with E-state index in [4.69, 9.17) is 0 Å². The fraction of sp³-hybridized carbons (Fsp3) is 0.471. The van der Waals surface area contributed by atoms with E-state index in [0.29, 0.717) is 0 Å². The minimum absolute atomic E-state index is 0.951. The van der Waals surface area contributed by atoms with Crippen LogP contribution >= 0.6 is 0 Å². The average molecular weight is 284 g/mol. The molecule has 0 saturated heterocycles. The largest absolute Gasteiger partial charge is 0.333 e. The number of aromatic nitrogens is 2. The van der Waals surface area contributed by atoms with Gasteiger partial charge in [0.25, 0.3) is 0 Å². The molecule has 0 fully saturated rings. The number of nitrogens with one attached hydrogen (secondary N) is 1. The summed E-state index contributed by atoms with van der Waals surface area (Å²) in [6.45, 7) is 8.36. The number of hydrogen-bond acceptors (Lipinski definition) is 3. The molecule has 0 saturated carbocycles.